The third-order valence-electron chi connectivity index (χ3n) is 5.80. The smallest absolute Gasteiger partial charge is 0.271 e. The van der Waals surface area contributed by atoms with Crippen LogP contribution in [0.5, 0.6) is 5.75 Å². The number of aromatic nitrogens is 1. The molecule has 0 fully saturated rings. The zero-order valence-corrected chi connectivity index (χ0v) is 21.9. The number of nitro groups is 1. The summed E-state index contributed by atoms with van der Waals surface area (Å²) in [5, 5.41) is 20.9. The maximum absolute atomic E-state index is 12.6. The zero-order valence-electron chi connectivity index (χ0n) is 21.1. The van der Waals surface area contributed by atoms with Gasteiger partial charge in [-0.3, -0.25) is 14.9 Å². The number of amides is 1. The molecule has 0 aliphatic rings. The summed E-state index contributed by atoms with van der Waals surface area (Å²) in [4.78, 5) is 27.6. The van der Waals surface area contributed by atoms with Crippen LogP contribution in [0.4, 0.5) is 16.5 Å². The minimum atomic E-state index is -0.444. The van der Waals surface area contributed by atoms with Gasteiger partial charge in [-0.05, 0) is 54.1 Å². The lowest BCUT2D eigenvalue weighted by atomic mass is 10.1. The Labute approximate surface area is 234 Å². The quantitative estimate of drug-likeness (QED) is 0.112. The van der Waals surface area contributed by atoms with Crippen LogP contribution in [0.15, 0.2) is 114 Å². The largest absolute Gasteiger partial charge is 0.488 e. The lowest BCUT2D eigenvalue weighted by Gasteiger charge is -2.09. The zero-order chi connectivity index (χ0) is 27.7. The summed E-state index contributed by atoms with van der Waals surface area (Å²) in [7, 11) is 0. The fraction of sp³-hybridized carbons (Fsp3) is 0.0333. The number of ether oxygens (including phenoxy) is 1. The Hall–Kier alpha value is -5.35. The number of para-hydroxylation sites is 2. The summed E-state index contributed by atoms with van der Waals surface area (Å²) in [5.74, 6) is 0.212. The van der Waals surface area contributed by atoms with E-state index in [1.54, 1.807) is 30.3 Å². The summed E-state index contributed by atoms with van der Waals surface area (Å²) in [6, 6.07) is 30.4. The lowest BCUT2D eigenvalue weighted by Crippen LogP contribution is -2.17. The van der Waals surface area contributed by atoms with Crippen LogP contribution in [0.3, 0.4) is 0 Å². The summed E-state index contributed by atoms with van der Waals surface area (Å²) in [6.07, 6.45) is 1.51. The summed E-state index contributed by atoms with van der Waals surface area (Å²) in [5.41, 5.74) is 7.17. The van der Waals surface area contributed by atoms with E-state index in [0.29, 0.717) is 16.9 Å². The highest BCUT2D eigenvalue weighted by atomic mass is 32.1. The molecule has 9 nitrogen and oxygen atoms in total. The van der Waals surface area contributed by atoms with Gasteiger partial charge < -0.3 is 10.1 Å². The Morgan fingerprint density at radius 1 is 0.950 bits per heavy atom. The van der Waals surface area contributed by atoms with Crippen LogP contribution in [-0.2, 0) is 6.61 Å². The first-order valence-corrected chi connectivity index (χ1v) is 13.1. The molecular weight excluding hydrogens is 526 g/mol. The van der Waals surface area contributed by atoms with Crippen molar-refractivity contribution in [3.63, 3.8) is 0 Å². The first-order valence-electron chi connectivity index (χ1n) is 12.2. The van der Waals surface area contributed by atoms with E-state index >= 15 is 0 Å². The third-order valence-corrected chi connectivity index (χ3v) is 6.56. The standard InChI is InChI=1S/C30H23N5O4S/c36-29(23-14-12-22(13-15-23)27-20-40-30(33-27)32-25-7-2-1-3-8-25)34-31-18-24-6-4-5-9-28(24)39-19-21-10-16-26(17-11-21)35(37)38/h1-18,20H,19H2,(H,32,33)(H,34,36)/b31-18-. The molecular formula is C30H23N5O4S. The van der Waals surface area contributed by atoms with E-state index in [9.17, 15) is 14.9 Å². The number of benzene rings is 4. The van der Waals surface area contributed by atoms with Crippen LogP contribution < -0.4 is 15.5 Å². The molecule has 10 heteroatoms. The Balaban J connectivity index is 1.17. The number of hydrogen-bond acceptors (Lipinski definition) is 8. The van der Waals surface area contributed by atoms with Crippen LogP contribution in [-0.4, -0.2) is 22.0 Å². The predicted molar refractivity (Wildman–Crippen MR) is 156 cm³/mol. The van der Waals surface area contributed by atoms with Gasteiger partial charge in [0.2, 0.25) is 0 Å². The van der Waals surface area contributed by atoms with Crippen molar-refractivity contribution in [2.75, 3.05) is 5.32 Å². The van der Waals surface area contributed by atoms with E-state index in [2.05, 4.69) is 20.8 Å². The molecule has 0 radical (unpaired) electrons. The third kappa shape index (κ3) is 6.74. The number of thiazole rings is 1. The van der Waals surface area contributed by atoms with Gasteiger partial charge in [0.15, 0.2) is 5.13 Å². The Bertz CT molecular complexity index is 1640. The number of rotatable bonds is 10. The van der Waals surface area contributed by atoms with Gasteiger partial charge in [-0.1, -0.05) is 42.5 Å². The van der Waals surface area contributed by atoms with Gasteiger partial charge in [-0.15, -0.1) is 11.3 Å². The van der Waals surface area contributed by atoms with E-state index in [-0.39, 0.29) is 18.2 Å². The molecule has 4 aromatic carbocycles. The average Bonchev–Trinajstić information content (AvgIpc) is 3.46. The molecule has 0 saturated heterocycles. The average molecular weight is 550 g/mol. The van der Waals surface area contributed by atoms with Gasteiger partial charge >= 0.3 is 0 Å². The highest BCUT2D eigenvalue weighted by molar-refractivity contribution is 7.14. The second-order valence-electron chi connectivity index (χ2n) is 8.56. The Morgan fingerprint density at radius 2 is 1.68 bits per heavy atom. The van der Waals surface area contributed by atoms with Crippen molar-refractivity contribution in [3.05, 3.63) is 135 Å². The molecule has 0 atom stereocenters. The monoisotopic (exact) mass is 549 g/mol. The molecule has 0 spiro atoms. The van der Waals surface area contributed by atoms with Crippen LogP contribution in [0.2, 0.25) is 0 Å². The van der Waals surface area contributed by atoms with Crippen molar-refractivity contribution in [1.82, 2.24) is 10.4 Å². The molecule has 1 aromatic heterocycles. The first-order chi connectivity index (χ1) is 19.5. The second kappa shape index (κ2) is 12.5. The minimum Gasteiger partial charge on any atom is -0.488 e. The molecule has 40 heavy (non-hydrogen) atoms. The van der Waals surface area contributed by atoms with Gasteiger partial charge in [0, 0.05) is 39.9 Å². The molecule has 0 aliphatic heterocycles. The second-order valence-corrected chi connectivity index (χ2v) is 9.41. The number of anilines is 2. The molecule has 0 unspecified atom stereocenters. The van der Waals surface area contributed by atoms with E-state index in [1.807, 2.05) is 66.0 Å². The number of hydrazone groups is 1. The summed E-state index contributed by atoms with van der Waals surface area (Å²) in [6.45, 7) is 0.227. The van der Waals surface area contributed by atoms with Crippen LogP contribution >= 0.6 is 11.3 Å². The Kier molecular flexibility index (Phi) is 8.18. The molecule has 0 saturated carbocycles. The van der Waals surface area contributed by atoms with Crippen LogP contribution in [0, 0.1) is 10.1 Å². The van der Waals surface area contributed by atoms with Crippen molar-refractivity contribution >= 4 is 40.0 Å². The van der Waals surface area contributed by atoms with Crippen molar-refractivity contribution < 1.29 is 14.5 Å². The van der Waals surface area contributed by atoms with Gasteiger partial charge in [0.25, 0.3) is 11.6 Å². The van der Waals surface area contributed by atoms with Gasteiger partial charge in [-0.2, -0.15) is 5.10 Å². The molecule has 1 heterocycles. The summed E-state index contributed by atoms with van der Waals surface area (Å²) < 4.78 is 5.87. The fourth-order valence-electron chi connectivity index (χ4n) is 3.72. The van der Waals surface area contributed by atoms with E-state index in [1.165, 1.54) is 29.7 Å². The number of nitrogens with zero attached hydrogens (tertiary/aromatic N) is 3. The highest BCUT2D eigenvalue weighted by Gasteiger charge is 2.09. The maximum Gasteiger partial charge on any atom is 0.271 e. The maximum atomic E-state index is 12.6. The van der Waals surface area contributed by atoms with Crippen molar-refractivity contribution in [1.29, 1.82) is 0 Å². The van der Waals surface area contributed by atoms with Gasteiger partial charge in [0.05, 0.1) is 16.8 Å². The number of non-ortho nitro benzene ring substituents is 1. The lowest BCUT2D eigenvalue weighted by molar-refractivity contribution is -0.384. The topological polar surface area (TPSA) is 119 Å². The van der Waals surface area contributed by atoms with E-state index in [0.717, 1.165) is 27.6 Å². The predicted octanol–water partition coefficient (Wildman–Crippen LogP) is 6.80. The number of carbonyl (C=O) groups is 1. The molecule has 5 rings (SSSR count). The molecule has 5 aromatic rings. The van der Waals surface area contributed by atoms with Crippen LogP contribution in [0.1, 0.15) is 21.5 Å². The first kappa shape index (κ1) is 26.3. The molecule has 0 bridgehead atoms. The number of nitro benzene ring substituents is 1. The highest BCUT2D eigenvalue weighted by Crippen LogP contribution is 2.27. The Morgan fingerprint density at radius 3 is 2.42 bits per heavy atom. The van der Waals surface area contributed by atoms with Crippen molar-refractivity contribution in [3.8, 4) is 17.0 Å². The normalized spacial score (nSPS) is 10.8. The van der Waals surface area contributed by atoms with Crippen molar-refractivity contribution in [2.24, 2.45) is 5.10 Å². The minimum absolute atomic E-state index is 0.0232. The van der Waals surface area contributed by atoms with Gasteiger partial charge in [0.1, 0.15) is 12.4 Å². The van der Waals surface area contributed by atoms with Gasteiger partial charge in [-0.25, -0.2) is 10.4 Å². The molecule has 2 N–H and O–H groups in total. The van der Waals surface area contributed by atoms with Crippen LogP contribution in [0.25, 0.3) is 11.3 Å². The molecule has 0 aliphatic carbocycles. The SMILES string of the molecule is O=C(N/N=C\c1ccccc1OCc1ccc([N+](=O)[O-])cc1)c1ccc(-c2csc(Nc3ccccc3)n2)cc1. The van der Waals surface area contributed by atoms with Crippen molar-refractivity contribution in [2.45, 2.75) is 6.61 Å². The number of carbonyl (C=O) groups excluding carboxylic acids is 1. The molecule has 198 valence electrons. The number of nitrogens with one attached hydrogen (secondary N) is 2. The fourth-order valence-corrected chi connectivity index (χ4v) is 4.46. The van der Waals surface area contributed by atoms with E-state index in [4.69, 9.17) is 4.74 Å². The molecule has 1 amide bonds. The number of hydrogen-bond donors (Lipinski definition) is 2. The van der Waals surface area contributed by atoms with E-state index < -0.39 is 4.92 Å². The summed E-state index contributed by atoms with van der Waals surface area (Å²) >= 11 is 1.51.